The first-order valence-corrected chi connectivity index (χ1v) is 9.11. The number of esters is 1. The predicted octanol–water partition coefficient (Wildman–Crippen LogP) is 3.97. The van der Waals surface area contributed by atoms with E-state index in [1.165, 1.54) is 13.3 Å². The van der Waals surface area contributed by atoms with Crippen molar-refractivity contribution >= 4 is 5.97 Å². The number of hydrogen-bond donors (Lipinski definition) is 1. The van der Waals surface area contributed by atoms with E-state index < -0.39 is 0 Å². The Morgan fingerprint density at radius 1 is 1.36 bits per heavy atom. The van der Waals surface area contributed by atoms with Crippen molar-refractivity contribution < 1.29 is 14.3 Å². The van der Waals surface area contributed by atoms with Gasteiger partial charge in [0.15, 0.2) is 0 Å². The summed E-state index contributed by atoms with van der Waals surface area (Å²) in [6.45, 7) is 15.1. The Hall–Kier alpha value is -1.46. The fourth-order valence-electron chi connectivity index (χ4n) is 2.02. The Labute approximate surface area is 153 Å². The van der Waals surface area contributed by atoms with E-state index in [4.69, 9.17) is 9.47 Å². The fraction of sp³-hybridized carbons (Fsp3) is 0.700. The van der Waals surface area contributed by atoms with Crippen LogP contribution in [0, 0.1) is 5.92 Å². The average molecular weight is 353 g/mol. The van der Waals surface area contributed by atoms with E-state index in [-0.39, 0.29) is 11.6 Å². The van der Waals surface area contributed by atoms with Crippen LogP contribution in [0.1, 0.15) is 59.9 Å². The predicted molar refractivity (Wildman–Crippen MR) is 102 cm³/mol. The highest BCUT2D eigenvalue weighted by Crippen LogP contribution is 2.05. The van der Waals surface area contributed by atoms with Gasteiger partial charge in [-0.3, -0.25) is 9.78 Å². The first kappa shape index (κ1) is 23.5. The number of carbonyl (C=O) groups excluding carboxylic acids is 1. The van der Waals surface area contributed by atoms with E-state index in [2.05, 4.69) is 24.1 Å². The molecule has 0 saturated heterocycles. The molecule has 0 aliphatic rings. The Bertz CT molecular complexity index is 444. The van der Waals surface area contributed by atoms with E-state index >= 15 is 0 Å². The van der Waals surface area contributed by atoms with Crippen LogP contribution in [0.2, 0.25) is 0 Å². The van der Waals surface area contributed by atoms with Gasteiger partial charge in [-0.15, -0.1) is 0 Å². The van der Waals surface area contributed by atoms with Crippen molar-refractivity contribution in [1.29, 1.82) is 0 Å². The van der Waals surface area contributed by atoms with E-state index in [1.807, 2.05) is 39.1 Å². The highest BCUT2D eigenvalue weighted by molar-refractivity contribution is 5.66. The van der Waals surface area contributed by atoms with Crippen LogP contribution in [0.4, 0.5) is 0 Å². The molecule has 5 nitrogen and oxygen atoms in total. The monoisotopic (exact) mass is 352 g/mol. The highest BCUT2D eigenvalue weighted by Gasteiger charge is 2.11. The quantitative estimate of drug-likeness (QED) is 0.538. The maximum Gasteiger partial charge on any atom is 0.303 e. The van der Waals surface area contributed by atoms with Crippen molar-refractivity contribution in [2.45, 2.75) is 66.6 Å². The van der Waals surface area contributed by atoms with Gasteiger partial charge in [-0.25, -0.2) is 0 Å². The SMILES string of the molecule is CC(=O)OC(C)(C)C.CCCNC[C@@H](C)CCOCc1cccnc1. The molecule has 0 radical (unpaired) electrons. The molecular weight excluding hydrogens is 316 g/mol. The minimum atomic E-state index is -0.328. The first-order chi connectivity index (χ1) is 11.7. The van der Waals surface area contributed by atoms with Crippen LogP contribution in [0.25, 0.3) is 0 Å². The molecule has 0 unspecified atom stereocenters. The van der Waals surface area contributed by atoms with Gasteiger partial charge in [-0.1, -0.05) is 19.9 Å². The average Bonchev–Trinajstić information content (AvgIpc) is 2.51. The Balaban J connectivity index is 0.000000609. The number of pyridine rings is 1. The van der Waals surface area contributed by atoms with E-state index in [1.54, 1.807) is 6.20 Å². The van der Waals surface area contributed by atoms with Crippen molar-refractivity contribution in [3.8, 4) is 0 Å². The summed E-state index contributed by atoms with van der Waals surface area (Å²) < 4.78 is 10.4. The number of hydrogen-bond acceptors (Lipinski definition) is 5. The second-order valence-electron chi connectivity index (χ2n) is 7.22. The molecule has 0 bridgehead atoms. The second kappa shape index (κ2) is 13.8. The molecule has 0 fully saturated rings. The molecule has 0 spiro atoms. The third-order valence-electron chi connectivity index (χ3n) is 3.12. The fourth-order valence-corrected chi connectivity index (χ4v) is 2.02. The van der Waals surface area contributed by atoms with Crippen molar-refractivity contribution in [2.75, 3.05) is 19.7 Å². The van der Waals surface area contributed by atoms with Gasteiger partial charge >= 0.3 is 5.97 Å². The molecule has 0 amide bonds. The molecule has 25 heavy (non-hydrogen) atoms. The molecule has 0 saturated carbocycles. The Kier molecular flexibility index (Phi) is 13.0. The lowest BCUT2D eigenvalue weighted by atomic mass is 10.1. The van der Waals surface area contributed by atoms with Crippen molar-refractivity contribution in [3.05, 3.63) is 30.1 Å². The summed E-state index contributed by atoms with van der Waals surface area (Å²) in [4.78, 5) is 14.3. The molecule has 0 aromatic carbocycles. The van der Waals surface area contributed by atoms with Crippen LogP contribution in [-0.4, -0.2) is 36.3 Å². The minimum absolute atomic E-state index is 0.225. The zero-order chi connectivity index (χ0) is 19.1. The van der Waals surface area contributed by atoms with Crippen LogP contribution in [0.5, 0.6) is 0 Å². The lowest BCUT2D eigenvalue weighted by Gasteiger charge is -2.17. The summed E-state index contributed by atoms with van der Waals surface area (Å²) in [5, 5.41) is 3.43. The van der Waals surface area contributed by atoms with Gasteiger partial charge < -0.3 is 14.8 Å². The molecule has 1 heterocycles. The smallest absolute Gasteiger partial charge is 0.303 e. The van der Waals surface area contributed by atoms with Gasteiger partial charge in [0.05, 0.1) is 6.61 Å². The van der Waals surface area contributed by atoms with E-state index in [0.29, 0.717) is 12.5 Å². The highest BCUT2D eigenvalue weighted by atomic mass is 16.6. The molecule has 1 N–H and O–H groups in total. The maximum absolute atomic E-state index is 10.2. The topological polar surface area (TPSA) is 60.5 Å². The normalized spacial score (nSPS) is 12.1. The summed E-state index contributed by atoms with van der Waals surface area (Å²) in [5.74, 6) is 0.452. The number of aromatic nitrogens is 1. The largest absolute Gasteiger partial charge is 0.460 e. The number of nitrogens with zero attached hydrogens (tertiary/aromatic N) is 1. The Morgan fingerprint density at radius 2 is 2.08 bits per heavy atom. The van der Waals surface area contributed by atoms with Gasteiger partial charge in [-0.05, 0) is 64.3 Å². The Morgan fingerprint density at radius 3 is 2.56 bits per heavy atom. The zero-order valence-electron chi connectivity index (χ0n) is 16.8. The second-order valence-corrected chi connectivity index (χ2v) is 7.22. The van der Waals surface area contributed by atoms with Gasteiger partial charge in [0.1, 0.15) is 5.60 Å². The molecule has 0 aliphatic heterocycles. The molecule has 144 valence electrons. The number of rotatable bonds is 9. The summed E-state index contributed by atoms with van der Waals surface area (Å²) in [5.41, 5.74) is 0.815. The maximum atomic E-state index is 10.2. The zero-order valence-corrected chi connectivity index (χ0v) is 16.8. The van der Waals surface area contributed by atoms with Gasteiger partial charge in [0, 0.05) is 25.9 Å². The lowest BCUT2D eigenvalue weighted by Crippen LogP contribution is -2.22. The van der Waals surface area contributed by atoms with Crippen LogP contribution in [0.3, 0.4) is 0 Å². The molecule has 5 heteroatoms. The van der Waals surface area contributed by atoms with Crippen LogP contribution in [0.15, 0.2) is 24.5 Å². The van der Waals surface area contributed by atoms with Crippen LogP contribution < -0.4 is 5.32 Å². The van der Waals surface area contributed by atoms with Crippen molar-refractivity contribution in [3.63, 3.8) is 0 Å². The molecule has 1 aromatic heterocycles. The molecule has 1 atom stereocenters. The third-order valence-corrected chi connectivity index (χ3v) is 3.12. The van der Waals surface area contributed by atoms with Gasteiger partial charge in [0.2, 0.25) is 0 Å². The summed E-state index contributed by atoms with van der Waals surface area (Å²) in [7, 11) is 0. The first-order valence-electron chi connectivity index (χ1n) is 9.11. The number of ether oxygens (including phenoxy) is 2. The lowest BCUT2D eigenvalue weighted by molar-refractivity contribution is -0.151. The molecule has 0 aliphatic carbocycles. The molecule has 1 aromatic rings. The molecule has 1 rings (SSSR count). The summed E-state index contributed by atoms with van der Waals surface area (Å²) >= 11 is 0. The standard InChI is InChI=1S/C14H24N2O.C6H12O2/c1-3-7-15-10-13(2)6-9-17-12-14-5-4-8-16-11-14;1-5(7)8-6(2,3)4/h4-5,8,11,13,15H,3,6-7,9-10,12H2,1-2H3;1-4H3/t13-;/m0./s1. The van der Waals surface area contributed by atoms with Gasteiger partial charge in [-0.2, -0.15) is 0 Å². The van der Waals surface area contributed by atoms with E-state index in [9.17, 15) is 4.79 Å². The van der Waals surface area contributed by atoms with Crippen LogP contribution in [-0.2, 0) is 20.9 Å². The summed E-state index contributed by atoms with van der Waals surface area (Å²) in [6, 6.07) is 3.98. The van der Waals surface area contributed by atoms with Gasteiger partial charge in [0.25, 0.3) is 0 Å². The molecular formula is C20H36N2O3. The minimum Gasteiger partial charge on any atom is -0.460 e. The van der Waals surface area contributed by atoms with E-state index in [0.717, 1.165) is 31.7 Å². The number of carbonyl (C=O) groups is 1. The summed E-state index contributed by atoms with van der Waals surface area (Å²) in [6.07, 6.45) is 5.94. The van der Waals surface area contributed by atoms with Crippen molar-refractivity contribution in [2.24, 2.45) is 5.92 Å². The van der Waals surface area contributed by atoms with Crippen molar-refractivity contribution in [1.82, 2.24) is 10.3 Å². The van der Waals surface area contributed by atoms with Crippen LogP contribution >= 0.6 is 0 Å². The third kappa shape index (κ3) is 17.2. The number of nitrogens with one attached hydrogen (secondary N) is 1.